The van der Waals surface area contributed by atoms with E-state index in [1.54, 1.807) is 6.07 Å². The molecule has 0 bridgehead atoms. The Labute approximate surface area is 204 Å². The van der Waals surface area contributed by atoms with E-state index in [4.69, 9.17) is 0 Å². The van der Waals surface area contributed by atoms with Crippen LogP contribution in [0.15, 0.2) is 67.1 Å². The van der Waals surface area contributed by atoms with Gasteiger partial charge in [-0.1, -0.05) is 42.5 Å². The molecule has 0 aliphatic carbocycles. The van der Waals surface area contributed by atoms with Crippen molar-refractivity contribution in [1.82, 2.24) is 19.4 Å². The second-order valence-corrected chi connectivity index (χ2v) is 9.45. The predicted octanol–water partition coefficient (Wildman–Crippen LogP) is 3.75. The van der Waals surface area contributed by atoms with Crippen molar-refractivity contribution in [2.75, 3.05) is 18.0 Å². The number of amides is 1. The summed E-state index contributed by atoms with van der Waals surface area (Å²) in [5, 5.41) is 0.925. The van der Waals surface area contributed by atoms with E-state index in [1.165, 1.54) is 11.9 Å². The highest BCUT2D eigenvalue weighted by molar-refractivity contribution is 6.15. The molecule has 0 radical (unpaired) electrons. The molecule has 4 aromatic rings. The van der Waals surface area contributed by atoms with E-state index >= 15 is 0 Å². The average Bonchev–Trinajstić information content (AvgIpc) is 3.24. The largest absolute Gasteiger partial charge is 0.356 e. The number of hydrogen-bond acceptors (Lipinski definition) is 5. The van der Waals surface area contributed by atoms with E-state index in [9.17, 15) is 9.59 Å². The minimum atomic E-state index is -0.0992. The zero-order valence-corrected chi connectivity index (χ0v) is 19.7. The van der Waals surface area contributed by atoms with Crippen LogP contribution in [0, 0.1) is 0 Å². The number of rotatable bonds is 4. The molecule has 35 heavy (non-hydrogen) atoms. The van der Waals surface area contributed by atoms with Gasteiger partial charge in [0.15, 0.2) is 0 Å². The maximum absolute atomic E-state index is 13.3. The number of carbonyl (C=O) groups excluding carboxylic acids is 2. The van der Waals surface area contributed by atoms with Crippen LogP contribution in [0.4, 0.5) is 5.82 Å². The lowest BCUT2D eigenvalue weighted by Gasteiger charge is -2.41. The van der Waals surface area contributed by atoms with Gasteiger partial charge in [0.25, 0.3) is 0 Å². The first-order chi connectivity index (χ1) is 17.1. The van der Waals surface area contributed by atoms with Crippen LogP contribution in [-0.2, 0) is 24.8 Å². The van der Waals surface area contributed by atoms with Gasteiger partial charge in [0.05, 0.1) is 6.42 Å². The van der Waals surface area contributed by atoms with E-state index in [0.717, 1.165) is 48.2 Å². The van der Waals surface area contributed by atoms with E-state index in [0.29, 0.717) is 24.2 Å². The van der Waals surface area contributed by atoms with Crippen LogP contribution < -0.4 is 4.90 Å². The summed E-state index contributed by atoms with van der Waals surface area (Å²) in [4.78, 5) is 39.2. The maximum Gasteiger partial charge on any atom is 0.227 e. The van der Waals surface area contributed by atoms with Gasteiger partial charge in [-0.2, -0.15) is 0 Å². The van der Waals surface area contributed by atoms with Gasteiger partial charge in [-0.05, 0) is 30.0 Å². The highest BCUT2D eigenvalue weighted by atomic mass is 16.2. The van der Waals surface area contributed by atoms with Crippen LogP contribution in [-0.4, -0.2) is 50.3 Å². The third-order valence-corrected chi connectivity index (χ3v) is 7.38. The number of aromatic nitrogens is 3. The molecule has 2 aliphatic rings. The van der Waals surface area contributed by atoms with E-state index in [2.05, 4.69) is 31.9 Å². The lowest BCUT2D eigenvalue weighted by molar-refractivity contribution is -0.134. The van der Waals surface area contributed by atoms with Gasteiger partial charge in [0.2, 0.25) is 11.7 Å². The molecule has 7 nitrogen and oxygen atoms in total. The standard InChI is InChI=1S/C28H27N5O2/c1-31-17-23(22-8-4-5-9-25(22)31)28(35)24-15-26(30-18-29-24)32-12-10-21(11-13-32)33-16-20-7-3-2-6-19(20)14-27(33)34/h2-9,15,17-18,21H,10-14,16H2,1H3. The van der Waals surface area contributed by atoms with Crippen molar-refractivity contribution in [2.24, 2.45) is 7.05 Å². The second kappa shape index (κ2) is 8.65. The Kier molecular flexibility index (Phi) is 5.32. The molecule has 0 spiro atoms. The minimum absolute atomic E-state index is 0.0992. The molecule has 2 aromatic carbocycles. The van der Waals surface area contributed by atoms with Crippen molar-refractivity contribution in [3.8, 4) is 0 Å². The molecule has 1 amide bonds. The Hall–Kier alpha value is -4.00. The number of piperidine rings is 1. The molecular weight excluding hydrogens is 438 g/mol. The Bertz CT molecular complexity index is 1430. The number of ketones is 1. The average molecular weight is 466 g/mol. The first kappa shape index (κ1) is 21.5. The Morgan fingerprint density at radius 1 is 0.971 bits per heavy atom. The van der Waals surface area contributed by atoms with E-state index < -0.39 is 0 Å². The van der Waals surface area contributed by atoms with Gasteiger partial charge >= 0.3 is 0 Å². The first-order valence-corrected chi connectivity index (χ1v) is 12.1. The van der Waals surface area contributed by atoms with Gasteiger partial charge in [0, 0.05) is 61.5 Å². The number of carbonyl (C=O) groups is 2. The number of hydrogen-bond donors (Lipinski definition) is 0. The van der Waals surface area contributed by atoms with Crippen LogP contribution in [0.2, 0.25) is 0 Å². The first-order valence-electron chi connectivity index (χ1n) is 12.1. The quantitative estimate of drug-likeness (QED) is 0.429. The highest BCUT2D eigenvalue weighted by Crippen LogP contribution is 2.28. The van der Waals surface area contributed by atoms with Crippen LogP contribution >= 0.6 is 0 Å². The zero-order chi connectivity index (χ0) is 23.9. The Morgan fingerprint density at radius 2 is 1.71 bits per heavy atom. The normalized spacial score (nSPS) is 16.5. The lowest BCUT2D eigenvalue weighted by Crippen LogP contribution is -2.49. The second-order valence-electron chi connectivity index (χ2n) is 9.45. The third-order valence-electron chi connectivity index (χ3n) is 7.38. The molecule has 2 aliphatic heterocycles. The third kappa shape index (κ3) is 3.87. The Balaban J connectivity index is 1.17. The van der Waals surface area contributed by atoms with Crippen LogP contribution in [0.3, 0.4) is 0 Å². The molecule has 1 fully saturated rings. The van der Waals surface area contributed by atoms with Crippen molar-refractivity contribution in [3.63, 3.8) is 0 Å². The molecule has 0 N–H and O–H groups in total. The maximum atomic E-state index is 13.3. The van der Waals surface area contributed by atoms with Crippen LogP contribution in [0.25, 0.3) is 10.9 Å². The molecule has 7 heteroatoms. The summed E-state index contributed by atoms with van der Waals surface area (Å²) in [6.07, 6.45) is 5.59. The molecule has 4 heterocycles. The molecule has 0 saturated carbocycles. The molecule has 2 aromatic heterocycles. The van der Waals surface area contributed by atoms with Crippen molar-refractivity contribution >= 4 is 28.4 Å². The number of benzene rings is 2. The minimum Gasteiger partial charge on any atom is -0.356 e. The number of para-hydroxylation sites is 1. The monoisotopic (exact) mass is 465 g/mol. The summed E-state index contributed by atoms with van der Waals surface area (Å²) in [6, 6.07) is 18.1. The fraction of sp³-hybridized carbons (Fsp3) is 0.286. The van der Waals surface area contributed by atoms with Gasteiger partial charge in [0.1, 0.15) is 17.8 Å². The van der Waals surface area contributed by atoms with E-state index in [-0.39, 0.29) is 17.7 Å². The fourth-order valence-corrected chi connectivity index (χ4v) is 5.46. The highest BCUT2D eigenvalue weighted by Gasteiger charge is 2.32. The number of anilines is 1. The van der Waals surface area contributed by atoms with Crippen LogP contribution in [0.5, 0.6) is 0 Å². The summed E-state index contributed by atoms with van der Waals surface area (Å²) in [5.41, 5.74) is 4.46. The molecule has 176 valence electrons. The summed E-state index contributed by atoms with van der Waals surface area (Å²) in [7, 11) is 1.94. The van der Waals surface area contributed by atoms with Gasteiger partial charge in [-0.15, -0.1) is 0 Å². The summed E-state index contributed by atoms with van der Waals surface area (Å²) in [6.45, 7) is 2.26. The number of fused-ring (bicyclic) bond motifs is 2. The topological polar surface area (TPSA) is 71.3 Å². The smallest absolute Gasteiger partial charge is 0.227 e. The van der Waals surface area contributed by atoms with Crippen molar-refractivity contribution in [3.05, 3.63) is 89.5 Å². The van der Waals surface area contributed by atoms with Crippen molar-refractivity contribution in [1.29, 1.82) is 0 Å². The molecule has 6 rings (SSSR count). The SMILES string of the molecule is Cn1cc(C(=O)c2cc(N3CCC(N4Cc5ccccc5CC4=O)CC3)ncn2)c2ccccc21. The fourth-order valence-electron chi connectivity index (χ4n) is 5.46. The molecule has 0 atom stereocenters. The van der Waals surface area contributed by atoms with E-state index in [1.807, 2.05) is 54.2 Å². The molecule has 1 saturated heterocycles. The predicted molar refractivity (Wildman–Crippen MR) is 134 cm³/mol. The van der Waals surface area contributed by atoms with Crippen molar-refractivity contribution < 1.29 is 9.59 Å². The van der Waals surface area contributed by atoms with Crippen molar-refractivity contribution in [2.45, 2.75) is 31.8 Å². The summed E-state index contributed by atoms with van der Waals surface area (Å²) >= 11 is 0. The van der Waals surface area contributed by atoms with Gasteiger partial charge in [-0.25, -0.2) is 9.97 Å². The van der Waals surface area contributed by atoms with Gasteiger partial charge in [-0.3, -0.25) is 9.59 Å². The summed E-state index contributed by atoms with van der Waals surface area (Å²) in [5.74, 6) is 0.877. The van der Waals surface area contributed by atoms with Gasteiger partial charge < -0.3 is 14.4 Å². The van der Waals surface area contributed by atoms with Crippen LogP contribution in [0.1, 0.15) is 40.0 Å². The number of aryl methyl sites for hydroxylation is 1. The summed E-state index contributed by atoms with van der Waals surface area (Å²) < 4.78 is 1.97. The Morgan fingerprint density at radius 3 is 2.54 bits per heavy atom. The zero-order valence-electron chi connectivity index (χ0n) is 19.7. The molecular formula is C28H27N5O2. The molecule has 0 unspecified atom stereocenters. The lowest BCUT2D eigenvalue weighted by atomic mass is 9.95. The number of nitrogens with zero attached hydrogens (tertiary/aromatic N) is 5.